The van der Waals surface area contributed by atoms with Crippen LogP contribution >= 0.6 is 0 Å². The van der Waals surface area contributed by atoms with E-state index in [0.29, 0.717) is 6.61 Å². The maximum absolute atomic E-state index is 12.0. The van der Waals surface area contributed by atoms with Gasteiger partial charge in [-0.15, -0.1) is 0 Å². The lowest BCUT2D eigenvalue weighted by Crippen LogP contribution is -2.34. The van der Waals surface area contributed by atoms with Crippen molar-refractivity contribution < 1.29 is 14.6 Å². The highest BCUT2D eigenvalue weighted by Crippen LogP contribution is 2.45. The van der Waals surface area contributed by atoms with Crippen LogP contribution in [-0.4, -0.2) is 35.3 Å². The smallest absolute Gasteiger partial charge is 0.326 e. The second-order valence-corrected chi connectivity index (χ2v) is 8.08. The van der Waals surface area contributed by atoms with E-state index in [1.165, 1.54) is 0 Å². The van der Waals surface area contributed by atoms with E-state index in [1.54, 1.807) is 0 Å². The summed E-state index contributed by atoms with van der Waals surface area (Å²) in [6, 6.07) is 23.1. The average molecular weight is 440 g/mol. The van der Waals surface area contributed by atoms with Gasteiger partial charge in [0.15, 0.2) is 0 Å². The van der Waals surface area contributed by atoms with Crippen molar-refractivity contribution in [3.63, 3.8) is 0 Å². The Balaban J connectivity index is 1.65. The zero-order chi connectivity index (χ0) is 22.9. The lowest BCUT2D eigenvalue weighted by Gasteiger charge is -2.17. The van der Waals surface area contributed by atoms with Crippen LogP contribution in [0.1, 0.15) is 18.4 Å². The number of nitrogens with two attached hydrogens (primary N) is 1. The third kappa shape index (κ3) is 3.58. The number of fused-ring (bicyclic) bond motifs is 3. The number of carboxylic acid groups (broad SMARTS) is 1. The van der Waals surface area contributed by atoms with E-state index in [9.17, 15) is 9.90 Å². The number of para-hydroxylation sites is 2. The van der Waals surface area contributed by atoms with Gasteiger partial charge in [-0.3, -0.25) is 0 Å². The molecule has 0 aliphatic carbocycles. The van der Waals surface area contributed by atoms with Crippen LogP contribution in [0.15, 0.2) is 72.8 Å². The quantitative estimate of drug-likeness (QED) is 0.396. The number of aliphatic carboxylic acids is 1. The number of benzene rings is 3. The van der Waals surface area contributed by atoms with Crippen LogP contribution in [0, 0.1) is 0 Å². The molecule has 0 spiro atoms. The molecular formula is C27H25N3O3. The van der Waals surface area contributed by atoms with Crippen molar-refractivity contribution in [3.05, 3.63) is 78.4 Å². The molecule has 0 bridgehead atoms. The summed E-state index contributed by atoms with van der Waals surface area (Å²) < 4.78 is 5.79. The zero-order valence-electron chi connectivity index (χ0n) is 18.3. The topological polar surface area (TPSA) is 97.5 Å². The van der Waals surface area contributed by atoms with Gasteiger partial charge in [-0.25, -0.2) is 9.78 Å². The molecule has 4 aromatic rings. The van der Waals surface area contributed by atoms with Gasteiger partial charge in [-0.1, -0.05) is 60.7 Å². The van der Waals surface area contributed by atoms with Gasteiger partial charge < -0.3 is 20.9 Å². The Hall–Kier alpha value is -3.90. The van der Waals surface area contributed by atoms with Crippen LogP contribution < -0.4 is 15.8 Å². The Morgan fingerprint density at radius 2 is 1.73 bits per heavy atom. The average Bonchev–Trinajstić information content (AvgIpc) is 3.25. The number of anilines is 1. The number of aromatic nitrogens is 1. The van der Waals surface area contributed by atoms with Crippen molar-refractivity contribution in [1.82, 2.24) is 4.98 Å². The molecule has 0 saturated heterocycles. The number of nitrogens with zero attached hydrogens (tertiary/aromatic N) is 1. The van der Waals surface area contributed by atoms with Crippen molar-refractivity contribution in [2.24, 2.45) is 5.73 Å². The highest BCUT2D eigenvalue weighted by Gasteiger charge is 2.39. The monoisotopic (exact) mass is 439 g/mol. The lowest BCUT2D eigenvalue weighted by atomic mass is 9.90. The van der Waals surface area contributed by atoms with Crippen LogP contribution in [0.4, 0.5) is 5.69 Å². The molecule has 2 atom stereocenters. The van der Waals surface area contributed by atoms with Crippen molar-refractivity contribution in [3.8, 4) is 28.1 Å². The summed E-state index contributed by atoms with van der Waals surface area (Å²) in [4.78, 5) is 16.9. The van der Waals surface area contributed by atoms with Crippen molar-refractivity contribution in [2.75, 3.05) is 18.5 Å². The molecule has 0 saturated carbocycles. The molecule has 166 valence electrons. The Morgan fingerprint density at radius 1 is 1.03 bits per heavy atom. The van der Waals surface area contributed by atoms with Gasteiger partial charge in [0, 0.05) is 34.5 Å². The Labute approximate surface area is 192 Å². The van der Waals surface area contributed by atoms with Crippen LogP contribution in [0.3, 0.4) is 0 Å². The molecule has 1 aliphatic rings. The fourth-order valence-corrected chi connectivity index (χ4v) is 4.67. The molecule has 0 fully saturated rings. The predicted molar refractivity (Wildman–Crippen MR) is 131 cm³/mol. The predicted octanol–water partition coefficient (Wildman–Crippen LogP) is 4.89. The number of pyridine rings is 1. The fourth-order valence-electron chi connectivity index (χ4n) is 4.67. The number of rotatable bonds is 6. The summed E-state index contributed by atoms with van der Waals surface area (Å²) in [6.07, 6.45) is 0. The molecule has 1 aromatic heterocycles. The van der Waals surface area contributed by atoms with Crippen LogP contribution in [0.5, 0.6) is 5.75 Å². The van der Waals surface area contributed by atoms with Crippen LogP contribution in [0.2, 0.25) is 0 Å². The third-order valence-corrected chi connectivity index (χ3v) is 6.18. The van der Waals surface area contributed by atoms with Gasteiger partial charge in [-0.05, 0) is 24.6 Å². The molecule has 3 aromatic carbocycles. The number of carbonyl (C=O) groups is 1. The first-order chi connectivity index (χ1) is 16.1. The first-order valence-corrected chi connectivity index (χ1v) is 11.1. The van der Waals surface area contributed by atoms with Crippen LogP contribution in [0.25, 0.3) is 33.3 Å². The molecule has 6 nitrogen and oxygen atoms in total. The lowest BCUT2D eigenvalue weighted by molar-refractivity contribution is -0.138. The highest BCUT2D eigenvalue weighted by molar-refractivity contribution is 6.01. The van der Waals surface area contributed by atoms with Gasteiger partial charge in [0.25, 0.3) is 0 Å². The van der Waals surface area contributed by atoms with E-state index >= 15 is 0 Å². The Morgan fingerprint density at radius 3 is 2.45 bits per heavy atom. The maximum atomic E-state index is 12.0. The van der Waals surface area contributed by atoms with Crippen LogP contribution in [-0.2, 0) is 4.79 Å². The number of carboxylic acids is 1. The van der Waals surface area contributed by atoms with Crippen molar-refractivity contribution in [1.29, 1.82) is 0 Å². The van der Waals surface area contributed by atoms with E-state index in [2.05, 4.69) is 5.32 Å². The summed E-state index contributed by atoms with van der Waals surface area (Å²) in [7, 11) is 0. The van der Waals surface area contributed by atoms with Gasteiger partial charge in [-0.2, -0.15) is 0 Å². The Kier molecular flexibility index (Phi) is 5.44. The standard InChI is InChI=1S/C27H25N3O3/c1-2-33-22-10-6-4-7-18(22)16-11-13-17(14-12-16)24-23-20(15-28)26(27(31)32)30-25(23)19-8-3-5-9-21(19)29-24/h3-14,20,26,30H,2,15,28H2,1H3,(H,31,32)/t20?,26-/m1/s1. The molecule has 2 heterocycles. The van der Waals surface area contributed by atoms with E-state index in [-0.39, 0.29) is 12.5 Å². The second-order valence-electron chi connectivity index (χ2n) is 8.08. The first-order valence-electron chi connectivity index (χ1n) is 11.1. The van der Waals surface area contributed by atoms with Gasteiger partial charge in [0.2, 0.25) is 0 Å². The maximum Gasteiger partial charge on any atom is 0.326 e. The van der Waals surface area contributed by atoms with E-state index < -0.39 is 12.0 Å². The molecule has 6 heteroatoms. The minimum atomic E-state index is -0.917. The first kappa shape index (κ1) is 21.0. The second kappa shape index (κ2) is 8.56. The minimum absolute atomic E-state index is 0.212. The molecule has 0 radical (unpaired) electrons. The number of ether oxygens (including phenoxy) is 1. The number of hydrogen-bond acceptors (Lipinski definition) is 5. The molecule has 5 rings (SSSR count). The van der Waals surface area contributed by atoms with Crippen molar-refractivity contribution in [2.45, 2.75) is 18.9 Å². The fraction of sp³-hybridized carbons (Fsp3) is 0.185. The van der Waals surface area contributed by atoms with E-state index in [0.717, 1.165) is 50.3 Å². The summed E-state index contributed by atoms with van der Waals surface area (Å²) >= 11 is 0. The Bertz CT molecular complexity index is 1330. The number of hydrogen-bond donors (Lipinski definition) is 3. The zero-order valence-corrected chi connectivity index (χ0v) is 18.3. The molecule has 33 heavy (non-hydrogen) atoms. The number of nitrogens with one attached hydrogen (secondary N) is 1. The summed E-state index contributed by atoms with van der Waals surface area (Å²) in [6.45, 7) is 2.78. The van der Waals surface area contributed by atoms with Gasteiger partial charge in [0.1, 0.15) is 11.8 Å². The summed E-state index contributed by atoms with van der Waals surface area (Å²) in [5, 5.41) is 13.9. The minimum Gasteiger partial charge on any atom is -0.493 e. The molecule has 1 aliphatic heterocycles. The molecule has 0 amide bonds. The van der Waals surface area contributed by atoms with Gasteiger partial charge >= 0.3 is 5.97 Å². The van der Waals surface area contributed by atoms with Crippen molar-refractivity contribution >= 4 is 22.6 Å². The molecule has 1 unspecified atom stereocenters. The van der Waals surface area contributed by atoms with Gasteiger partial charge in [0.05, 0.1) is 23.5 Å². The third-order valence-electron chi connectivity index (χ3n) is 6.18. The van der Waals surface area contributed by atoms with E-state index in [4.69, 9.17) is 15.5 Å². The normalized spacial score (nSPS) is 16.9. The SMILES string of the molecule is CCOc1ccccc1-c1ccc(-c2nc3ccccc3c3c2C(CN)[C@H](C(=O)O)N3)cc1. The van der Waals surface area contributed by atoms with E-state index in [1.807, 2.05) is 79.7 Å². The summed E-state index contributed by atoms with van der Waals surface area (Å²) in [5.74, 6) is -0.448. The molecular weight excluding hydrogens is 414 g/mol. The summed E-state index contributed by atoms with van der Waals surface area (Å²) in [5.41, 5.74) is 12.3. The molecule has 4 N–H and O–H groups in total. The highest BCUT2D eigenvalue weighted by atomic mass is 16.5. The largest absolute Gasteiger partial charge is 0.493 e.